The molecular formula is C14H10BrClFNO2. The summed E-state index contributed by atoms with van der Waals surface area (Å²) in [5, 5.41) is 12.4. The molecule has 0 aliphatic carbocycles. The number of carboxylic acid groups (broad SMARTS) is 1. The number of benzene rings is 2. The molecule has 0 aliphatic rings. The van der Waals surface area contributed by atoms with Crippen molar-refractivity contribution in [3.05, 3.63) is 63.3 Å². The first-order valence-electron chi connectivity index (χ1n) is 5.68. The van der Waals surface area contributed by atoms with Gasteiger partial charge in [-0.25, -0.2) is 9.18 Å². The van der Waals surface area contributed by atoms with Crippen molar-refractivity contribution >= 4 is 39.2 Å². The molecule has 2 N–H and O–H groups in total. The van der Waals surface area contributed by atoms with Gasteiger partial charge in [-0.2, -0.15) is 0 Å². The molecule has 2 rings (SSSR count). The van der Waals surface area contributed by atoms with E-state index in [9.17, 15) is 14.3 Å². The Morgan fingerprint density at radius 3 is 2.60 bits per heavy atom. The summed E-state index contributed by atoms with van der Waals surface area (Å²) in [6.45, 7) is 0. The highest BCUT2D eigenvalue weighted by Crippen LogP contribution is 2.28. The van der Waals surface area contributed by atoms with Crippen LogP contribution in [0.2, 0.25) is 5.02 Å². The summed E-state index contributed by atoms with van der Waals surface area (Å²) in [7, 11) is 0. The smallest absolute Gasteiger partial charge is 0.330 e. The number of anilines is 1. The first-order chi connectivity index (χ1) is 9.49. The molecule has 0 fully saturated rings. The van der Waals surface area contributed by atoms with Gasteiger partial charge in [0.05, 0.1) is 10.7 Å². The van der Waals surface area contributed by atoms with E-state index in [-0.39, 0.29) is 5.69 Å². The van der Waals surface area contributed by atoms with Gasteiger partial charge in [-0.15, -0.1) is 0 Å². The van der Waals surface area contributed by atoms with Crippen molar-refractivity contribution in [1.29, 1.82) is 0 Å². The van der Waals surface area contributed by atoms with Crippen molar-refractivity contribution in [3.63, 3.8) is 0 Å². The van der Waals surface area contributed by atoms with Gasteiger partial charge in [0.2, 0.25) is 0 Å². The van der Waals surface area contributed by atoms with Crippen molar-refractivity contribution in [2.45, 2.75) is 6.04 Å². The number of para-hydroxylation sites is 1. The van der Waals surface area contributed by atoms with Crippen LogP contribution in [0.15, 0.2) is 46.9 Å². The molecule has 0 amide bonds. The molecule has 104 valence electrons. The van der Waals surface area contributed by atoms with Gasteiger partial charge in [-0.05, 0) is 45.8 Å². The van der Waals surface area contributed by atoms with Crippen molar-refractivity contribution in [1.82, 2.24) is 0 Å². The second-order valence-electron chi connectivity index (χ2n) is 4.07. The van der Waals surface area contributed by atoms with Gasteiger partial charge in [0.1, 0.15) is 5.82 Å². The summed E-state index contributed by atoms with van der Waals surface area (Å²) in [5.74, 6) is -1.63. The van der Waals surface area contributed by atoms with Crippen LogP contribution in [0.3, 0.4) is 0 Å². The van der Waals surface area contributed by atoms with E-state index in [1.807, 2.05) is 0 Å². The number of hydrogen-bond acceptors (Lipinski definition) is 2. The van der Waals surface area contributed by atoms with E-state index >= 15 is 0 Å². The van der Waals surface area contributed by atoms with Gasteiger partial charge < -0.3 is 10.4 Å². The van der Waals surface area contributed by atoms with E-state index < -0.39 is 17.8 Å². The Balaban J connectivity index is 2.34. The molecule has 0 spiro atoms. The minimum Gasteiger partial charge on any atom is -0.479 e. The van der Waals surface area contributed by atoms with Gasteiger partial charge in [-0.3, -0.25) is 0 Å². The number of aliphatic carboxylic acids is 1. The molecule has 1 unspecified atom stereocenters. The fourth-order valence-electron chi connectivity index (χ4n) is 1.71. The molecule has 0 bridgehead atoms. The summed E-state index contributed by atoms with van der Waals surface area (Å²) in [5.41, 5.74) is 0.563. The predicted octanol–water partition coefficient (Wildman–Crippen LogP) is 4.48. The molecule has 2 aromatic rings. The summed E-state index contributed by atoms with van der Waals surface area (Å²) < 4.78 is 14.2. The van der Waals surface area contributed by atoms with E-state index in [4.69, 9.17) is 11.6 Å². The average Bonchev–Trinajstić information content (AvgIpc) is 2.41. The third-order valence-corrected chi connectivity index (χ3v) is 3.93. The van der Waals surface area contributed by atoms with Crippen molar-refractivity contribution in [2.24, 2.45) is 0 Å². The second kappa shape index (κ2) is 6.24. The highest BCUT2D eigenvalue weighted by atomic mass is 79.9. The van der Waals surface area contributed by atoms with Crippen LogP contribution < -0.4 is 5.32 Å². The molecule has 2 aromatic carbocycles. The Morgan fingerprint density at radius 2 is 2.00 bits per heavy atom. The molecule has 0 heterocycles. The molecule has 1 atom stereocenters. The minimum atomic E-state index is -1.12. The lowest BCUT2D eigenvalue weighted by molar-refractivity contribution is -0.138. The number of rotatable bonds is 4. The maximum Gasteiger partial charge on any atom is 0.330 e. The van der Waals surface area contributed by atoms with Crippen LogP contribution in [0.4, 0.5) is 10.1 Å². The highest BCUT2D eigenvalue weighted by Gasteiger charge is 2.21. The lowest BCUT2D eigenvalue weighted by Crippen LogP contribution is -2.21. The molecule has 0 aromatic heterocycles. The normalized spacial score (nSPS) is 11.9. The lowest BCUT2D eigenvalue weighted by Gasteiger charge is -2.17. The zero-order valence-electron chi connectivity index (χ0n) is 10.1. The topological polar surface area (TPSA) is 49.3 Å². The SMILES string of the molecule is O=C(O)C(Nc1ccccc1F)c1ccc(Br)c(Cl)c1. The molecule has 0 saturated heterocycles. The first-order valence-corrected chi connectivity index (χ1v) is 6.85. The predicted molar refractivity (Wildman–Crippen MR) is 79.6 cm³/mol. The number of halogens is 3. The van der Waals surface area contributed by atoms with E-state index in [0.29, 0.717) is 15.1 Å². The standard InChI is InChI=1S/C14H10BrClFNO2/c15-9-6-5-8(7-10(9)16)13(14(19)20)18-12-4-2-1-3-11(12)17/h1-7,13,18H,(H,19,20). The third-order valence-electron chi connectivity index (χ3n) is 2.70. The first kappa shape index (κ1) is 14.8. The number of carbonyl (C=O) groups is 1. The van der Waals surface area contributed by atoms with E-state index in [1.54, 1.807) is 18.2 Å². The Hall–Kier alpha value is -1.59. The minimum absolute atomic E-state index is 0.124. The van der Waals surface area contributed by atoms with Crippen LogP contribution >= 0.6 is 27.5 Å². The monoisotopic (exact) mass is 357 g/mol. The number of hydrogen-bond donors (Lipinski definition) is 2. The Bertz CT molecular complexity index is 651. The molecule has 6 heteroatoms. The van der Waals surface area contributed by atoms with Gasteiger partial charge in [-0.1, -0.05) is 29.8 Å². The molecule has 3 nitrogen and oxygen atoms in total. The van der Waals surface area contributed by atoms with Crippen molar-refractivity contribution in [2.75, 3.05) is 5.32 Å². The average molecular weight is 359 g/mol. The van der Waals surface area contributed by atoms with E-state index in [1.165, 1.54) is 24.3 Å². The zero-order chi connectivity index (χ0) is 14.7. The molecule has 0 aliphatic heterocycles. The number of nitrogens with one attached hydrogen (secondary N) is 1. The molecule has 20 heavy (non-hydrogen) atoms. The largest absolute Gasteiger partial charge is 0.479 e. The fourth-order valence-corrected chi connectivity index (χ4v) is 2.15. The summed E-state index contributed by atoms with van der Waals surface area (Å²) in [6, 6.07) is 9.60. The van der Waals surface area contributed by atoms with E-state index in [0.717, 1.165) is 0 Å². The Morgan fingerprint density at radius 1 is 1.30 bits per heavy atom. The van der Waals surface area contributed by atoms with Crippen LogP contribution in [0.5, 0.6) is 0 Å². The summed E-state index contributed by atoms with van der Waals surface area (Å²) >= 11 is 9.19. The van der Waals surface area contributed by atoms with Crippen LogP contribution in [0.25, 0.3) is 0 Å². The van der Waals surface area contributed by atoms with Crippen LogP contribution in [0.1, 0.15) is 11.6 Å². The van der Waals surface area contributed by atoms with Gasteiger partial charge in [0, 0.05) is 4.47 Å². The number of carboxylic acids is 1. The maximum absolute atomic E-state index is 13.6. The fraction of sp³-hybridized carbons (Fsp3) is 0.0714. The maximum atomic E-state index is 13.6. The molecule has 0 radical (unpaired) electrons. The van der Waals surface area contributed by atoms with Crippen molar-refractivity contribution in [3.8, 4) is 0 Å². The van der Waals surface area contributed by atoms with E-state index in [2.05, 4.69) is 21.2 Å². The summed E-state index contributed by atoms with van der Waals surface area (Å²) in [6.07, 6.45) is 0. The Kier molecular flexibility index (Phi) is 4.62. The third kappa shape index (κ3) is 3.29. The molecule has 0 saturated carbocycles. The second-order valence-corrected chi connectivity index (χ2v) is 5.33. The van der Waals surface area contributed by atoms with Gasteiger partial charge >= 0.3 is 5.97 Å². The van der Waals surface area contributed by atoms with Gasteiger partial charge in [0.15, 0.2) is 6.04 Å². The summed E-state index contributed by atoms with van der Waals surface area (Å²) in [4.78, 5) is 11.4. The van der Waals surface area contributed by atoms with Crippen LogP contribution in [-0.4, -0.2) is 11.1 Å². The quantitative estimate of drug-likeness (QED) is 0.847. The van der Waals surface area contributed by atoms with Gasteiger partial charge in [0.25, 0.3) is 0 Å². The molecular weight excluding hydrogens is 349 g/mol. The van der Waals surface area contributed by atoms with Crippen LogP contribution in [-0.2, 0) is 4.79 Å². The zero-order valence-corrected chi connectivity index (χ0v) is 12.5. The highest BCUT2D eigenvalue weighted by molar-refractivity contribution is 9.10. The lowest BCUT2D eigenvalue weighted by atomic mass is 10.1. The Labute approximate surface area is 128 Å². The van der Waals surface area contributed by atoms with Crippen LogP contribution in [0, 0.1) is 5.82 Å². The van der Waals surface area contributed by atoms with Crippen molar-refractivity contribution < 1.29 is 14.3 Å².